The number of hydrogen-bond acceptors (Lipinski definition) is 7. The Morgan fingerprint density at radius 2 is 1.77 bits per heavy atom. The number of benzene rings is 1. The number of aromatic nitrogens is 3. The van der Waals surface area contributed by atoms with Crippen LogP contribution in [0, 0.1) is 0 Å². The zero-order valence-electron chi connectivity index (χ0n) is 18.2. The van der Waals surface area contributed by atoms with Crippen LogP contribution in [0.1, 0.15) is 34.5 Å². The number of pyridine rings is 1. The first-order chi connectivity index (χ1) is 16.6. The lowest BCUT2D eigenvalue weighted by Crippen LogP contribution is -2.37. The van der Waals surface area contributed by atoms with Crippen LogP contribution in [0.5, 0.6) is 0 Å². The van der Waals surface area contributed by atoms with Crippen molar-refractivity contribution in [3.05, 3.63) is 69.5 Å². The van der Waals surface area contributed by atoms with Gasteiger partial charge in [0.15, 0.2) is 11.5 Å². The lowest BCUT2D eigenvalue weighted by Gasteiger charge is -2.30. The second kappa shape index (κ2) is 10.3. The van der Waals surface area contributed by atoms with Crippen LogP contribution in [0.2, 0.25) is 10.0 Å². The van der Waals surface area contributed by atoms with Crippen LogP contribution < -0.4 is 10.2 Å². The van der Waals surface area contributed by atoms with Gasteiger partial charge in [-0.1, -0.05) is 29.3 Å². The van der Waals surface area contributed by atoms with E-state index in [2.05, 4.69) is 20.3 Å². The first-order valence-electron chi connectivity index (χ1n) is 10.7. The number of ketones is 1. The van der Waals surface area contributed by atoms with Gasteiger partial charge in [-0.15, -0.1) is 0 Å². The summed E-state index contributed by atoms with van der Waals surface area (Å²) in [7, 11) is 0. The number of aliphatic hydroxyl groups is 1. The topological polar surface area (TPSA) is 91.2 Å². The Morgan fingerprint density at radius 1 is 1.09 bits per heavy atom. The number of halogens is 5. The summed E-state index contributed by atoms with van der Waals surface area (Å²) < 4.78 is 40.5. The number of hydrogen-bond donors (Lipinski definition) is 2. The number of aliphatic hydroxyl groups excluding tert-OH is 1. The minimum Gasteiger partial charge on any atom is -0.393 e. The molecule has 1 fully saturated rings. The highest BCUT2D eigenvalue weighted by atomic mass is 35.5. The monoisotopic (exact) mass is 525 g/mol. The van der Waals surface area contributed by atoms with Crippen LogP contribution in [0.15, 0.2) is 42.6 Å². The van der Waals surface area contributed by atoms with Crippen LogP contribution >= 0.6 is 23.2 Å². The SMILES string of the molecule is O=C(Cc1ccnc(Nc2cc(C(F)(F)F)nc(N3CCC(O)CC3)n2)c1)c1c(Cl)cccc1Cl. The highest BCUT2D eigenvalue weighted by Gasteiger charge is 2.34. The fourth-order valence-corrected chi connectivity index (χ4v) is 4.28. The van der Waals surface area contributed by atoms with Crippen LogP contribution in [-0.2, 0) is 12.6 Å². The van der Waals surface area contributed by atoms with Gasteiger partial charge >= 0.3 is 6.18 Å². The normalized spacial score (nSPS) is 14.7. The molecule has 0 amide bonds. The van der Waals surface area contributed by atoms with Crippen molar-refractivity contribution in [3.8, 4) is 0 Å². The fraction of sp³-hybridized carbons (Fsp3) is 0.304. The van der Waals surface area contributed by atoms with Crippen LogP contribution in [-0.4, -0.2) is 45.0 Å². The van der Waals surface area contributed by atoms with Crippen molar-refractivity contribution in [1.29, 1.82) is 0 Å². The van der Waals surface area contributed by atoms with Gasteiger partial charge in [-0.25, -0.2) is 9.97 Å². The fourth-order valence-electron chi connectivity index (χ4n) is 3.67. The molecule has 0 aliphatic carbocycles. The quantitative estimate of drug-likeness (QED) is 0.420. The molecular formula is C23H20Cl2F3N5O2. The Labute approximate surface area is 208 Å². The second-order valence-electron chi connectivity index (χ2n) is 8.03. The summed E-state index contributed by atoms with van der Waals surface area (Å²) in [4.78, 5) is 26.4. The highest BCUT2D eigenvalue weighted by molar-refractivity contribution is 6.39. The number of anilines is 3. The average Bonchev–Trinajstić information content (AvgIpc) is 2.79. The molecule has 0 spiro atoms. The Morgan fingerprint density at radius 3 is 2.43 bits per heavy atom. The predicted molar refractivity (Wildman–Crippen MR) is 127 cm³/mol. The van der Waals surface area contributed by atoms with Gasteiger partial charge in [-0.3, -0.25) is 4.79 Å². The van der Waals surface area contributed by atoms with Crippen LogP contribution in [0.3, 0.4) is 0 Å². The summed E-state index contributed by atoms with van der Waals surface area (Å²) in [5.41, 5.74) is -0.348. The molecule has 0 unspecified atom stereocenters. The van der Waals surface area contributed by atoms with Crippen molar-refractivity contribution in [2.45, 2.75) is 31.5 Å². The number of carbonyl (C=O) groups excluding carboxylic acids is 1. The summed E-state index contributed by atoms with van der Waals surface area (Å²) in [5.74, 6) is -0.298. The van der Waals surface area contributed by atoms with Crippen LogP contribution in [0.25, 0.3) is 0 Å². The van der Waals surface area contributed by atoms with Crippen molar-refractivity contribution >= 4 is 46.6 Å². The molecular weight excluding hydrogens is 506 g/mol. The van der Waals surface area contributed by atoms with Crippen molar-refractivity contribution in [1.82, 2.24) is 15.0 Å². The van der Waals surface area contributed by atoms with E-state index >= 15 is 0 Å². The van der Waals surface area contributed by atoms with Crippen molar-refractivity contribution < 1.29 is 23.1 Å². The molecule has 4 rings (SSSR count). The van der Waals surface area contributed by atoms with E-state index in [1.54, 1.807) is 29.2 Å². The van der Waals surface area contributed by atoms with Gasteiger partial charge in [0.2, 0.25) is 5.95 Å². The minimum atomic E-state index is -4.68. The third kappa shape index (κ3) is 6.19. The molecule has 12 heteroatoms. The molecule has 0 bridgehead atoms. The number of carbonyl (C=O) groups is 1. The first kappa shape index (κ1) is 25.2. The molecule has 1 saturated heterocycles. The van der Waals surface area contributed by atoms with Gasteiger partial charge in [0.05, 0.1) is 21.7 Å². The number of alkyl halides is 3. The Balaban J connectivity index is 1.57. The van der Waals surface area contributed by atoms with Crippen molar-refractivity contribution in [2.24, 2.45) is 0 Å². The number of piperidine rings is 1. The molecule has 3 aromatic rings. The highest BCUT2D eigenvalue weighted by Crippen LogP contribution is 2.32. The minimum absolute atomic E-state index is 0.0421. The average molecular weight is 526 g/mol. The van der Waals surface area contributed by atoms with Gasteiger partial charge < -0.3 is 15.3 Å². The van der Waals surface area contributed by atoms with Gasteiger partial charge in [-0.05, 0) is 42.7 Å². The second-order valence-corrected chi connectivity index (χ2v) is 8.84. The number of rotatable bonds is 6. The summed E-state index contributed by atoms with van der Waals surface area (Å²) in [5, 5.41) is 12.9. The molecule has 0 saturated carbocycles. The summed E-state index contributed by atoms with van der Waals surface area (Å²) in [6.45, 7) is 0.671. The van der Waals surface area contributed by atoms with Crippen molar-refractivity contribution in [2.75, 3.05) is 23.3 Å². The number of nitrogens with one attached hydrogen (secondary N) is 1. The Hall–Kier alpha value is -2.95. The molecule has 1 aliphatic heterocycles. The van der Waals surface area contributed by atoms with E-state index in [9.17, 15) is 23.1 Å². The summed E-state index contributed by atoms with van der Waals surface area (Å²) >= 11 is 12.2. The predicted octanol–water partition coefficient (Wildman–Crippen LogP) is 5.33. The van der Waals surface area contributed by atoms with E-state index in [0.29, 0.717) is 31.5 Å². The molecule has 2 aromatic heterocycles. The maximum atomic E-state index is 13.5. The summed E-state index contributed by atoms with van der Waals surface area (Å²) in [6, 6.07) is 8.70. The van der Waals surface area contributed by atoms with E-state index in [0.717, 1.165) is 6.07 Å². The zero-order chi connectivity index (χ0) is 25.2. The maximum Gasteiger partial charge on any atom is 0.433 e. The molecule has 7 nitrogen and oxygen atoms in total. The lowest BCUT2D eigenvalue weighted by molar-refractivity contribution is -0.141. The molecule has 1 aliphatic rings. The lowest BCUT2D eigenvalue weighted by atomic mass is 10.0. The van der Waals surface area contributed by atoms with Gasteiger partial charge in [0, 0.05) is 31.8 Å². The Bertz CT molecular complexity index is 1210. The van der Waals surface area contributed by atoms with Gasteiger partial charge in [0.1, 0.15) is 11.6 Å². The number of Topliss-reactive ketones (excluding diaryl/α,β-unsaturated/α-hetero) is 1. The molecule has 0 atom stereocenters. The smallest absolute Gasteiger partial charge is 0.393 e. The molecule has 184 valence electrons. The van der Waals surface area contributed by atoms with E-state index in [1.807, 2.05) is 0 Å². The van der Waals surface area contributed by atoms with Crippen molar-refractivity contribution in [3.63, 3.8) is 0 Å². The third-order valence-corrected chi connectivity index (χ3v) is 6.07. The zero-order valence-corrected chi connectivity index (χ0v) is 19.7. The van der Waals surface area contributed by atoms with Gasteiger partial charge in [0.25, 0.3) is 0 Å². The molecule has 0 radical (unpaired) electrons. The number of nitrogens with zero attached hydrogens (tertiary/aromatic N) is 4. The first-order valence-corrected chi connectivity index (χ1v) is 11.4. The molecule has 1 aromatic carbocycles. The maximum absolute atomic E-state index is 13.5. The van der Waals surface area contributed by atoms with E-state index in [1.165, 1.54) is 12.3 Å². The molecule has 2 N–H and O–H groups in total. The van der Waals surface area contributed by atoms with Gasteiger partial charge in [-0.2, -0.15) is 18.2 Å². The molecule has 35 heavy (non-hydrogen) atoms. The largest absolute Gasteiger partial charge is 0.433 e. The third-order valence-electron chi connectivity index (χ3n) is 5.44. The van der Waals surface area contributed by atoms with E-state index in [4.69, 9.17) is 23.2 Å². The summed E-state index contributed by atoms with van der Waals surface area (Å²) in [6.07, 6.45) is -2.97. The van der Waals surface area contributed by atoms with E-state index < -0.39 is 18.0 Å². The van der Waals surface area contributed by atoms with E-state index in [-0.39, 0.29) is 45.4 Å². The molecule has 3 heterocycles. The van der Waals surface area contributed by atoms with Crippen LogP contribution in [0.4, 0.5) is 30.8 Å². The standard InChI is InChI=1S/C23H20Cl2F3N5O2/c24-15-2-1-3-16(25)21(15)17(35)10-13-4-7-29-19(11-13)31-20-12-18(23(26,27)28)30-22(32-20)33-8-5-14(34)6-9-33/h1-4,7,11-12,14,34H,5-6,8-10H2,(H,29,30,31,32). The Kier molecular flexibility index (Phi) is 7.44.